The summed E-state index contributed by atoms with van der Waals surface area (Å²) in [7, 11) is -0.632. The molecule has 9 nitrogen and oxygen atoms in total. The van der Waals surface area contributed by atoms with Crippen molar-refractivity contribution in [3.63, 3.8) is 0 Å². The molecule has 184 valence electrons. The second-order valence-electron chi connectivity index (χ2n) is 9.35. The molecule has 0 unspecified atom stereocenters. The molecule has 0 aliphatic heterocycles. The molecule has 1 amide bonds. The first-order chi connectivity index (χ1) is 15.3. The fourth-order valence-electron chi connectivity index (χ4n) is 2.73. The molecule has 0 aliphatic carbocycles. The van der Waals surface area contributed by atoms with E-state index in [0.29, 0.717) is 0 Å². The zero-order valence-corrected chi connectivity index (χ0v) is 21.4. The number of carbonyl (C=O) groups excluding carboxylic acids is 2. The third-order valence-electron chi connectivity index (χ3n) is 5.74. The lowest BCUT2D eigenvalue weighted by Crippen LogP contribution is -2.47. The fraction of sp³-hybridized carbons (Fsp3) is 0.565. The van der Waals surface area contributed by atoms with Gasteiger partial charge < -0.3 is 19.2 Å². The predicted molar refractivity (Wildman–Crippen MR) is 129 cm³/mol. The minimum atomic E-state index is -2.12. The summed E-state index contributed by atoms with van der Waals surface area (Å²) in [6.45, 7) is 14.5. The number of carbonyl (C=O) groups is 2. The maximum Gasteiger partial charge on any atom is 0.311 e. The summed E-state index contributed by atoms with van der Waals surface area (Å²) in [4.78, 5) is 35.7. The van der Waals surface area contributed by atoms with Gasteiger partial charge in [-0.15, -0.1) is 0 Å². The number of esters is 1. The smallest absolute Gasteiger partial charge is 0.311 e. The fourth-order valence-corrected chi connectivity index (χ4v) is 3.78. The van der Waals surface area contributed by atoms with Crippen molar-refractivity contribution >= 4 is 25.9 Å². The number of methoxy groups -OCH3 is 1. The van der Waals surface area contributed by atoms with Gasteiger partial charge in [0, 0.05) is 24.8 Å². The minimum absolute atomic E-state index is 0.0330. The molecule has 0 saturated carbocycles. The SMILES string of the molecule is C=CCOC(=O)[C@@H](COC)C[C@@H](CO[Si](C)(C)C(C)(C)C)NC(=O)c1ccc([N+](=O)[O-])cc1. The van der Waals surface area contributed by atoms with Crippen LogP contribution in [0.4, 0.5) is 5.69 Å². The molecule has 1 aromatic carbocycles. The van der Waals surface area contributed by atoms with E-state index in [4.69, 9.17) is 13.9 Å². The number of hydrogen-bond acceptors (Lipinski definition) is 7. The van der Waals surface area contributed by atoms with Crippen LogP contribution in [-0.2, 0) is 18.7 Å². The predicted octanol–water partition coefficient (Wildman–Crippen LogP) is 4.10. The van der Waals surface area contributed by atoms with Crippen LogP contribution in [-0.4, -0.2) is 58.1 Å². The number of nitrogens with one attached hydrogen (secondary N) is 1. The van der Waals surface area contributed by atoms with Gasteiger partial charge in [-0.2, -0.15) is 0 Å². The number of amides is 1. The van der Waals surface area contributed by atoms with Gasteiger partial charge in [0.2, 0.25) is 0 Å². The zero-order chi connectivity index (χ0) is 25.2. The van der Waals surface area contributed by atoms with Crippen molar-refractivity contribution in [2.45, 2.75) is 51.4 Å². The average Bonchev–Trinajstić information content (AvgIpc) is 2.74. The highest BCUT2D eigenvalue weighted by molar-refractivity contribution is 6.74. The van der Waals surface area contributed by atoms with Crippen LogP contribution in [0, 0.1) is 16.0 Å². The Balaban J connectivity index is 3.06. The lowest BCUT2D eigenvalue weighted by Gasteiger charge is -2.37. The Kier molecular flexibility index (Phi) is 10.9. The van der Waals surface area contributed by atoms with Crippen LogP contribution in [0.3, 0.4) is 0 Å². The first-order valence-electron chi connectivity index (χ1n) is 10.8. The van der Waals surface area contributed by atoms with Crippen molar-refractivity contribution in [1.29, 1.82) is 0 Å². The van der Waals surface area contributed by atoms with E-state index < -0.39 is 37.1 Å². The van der Waals surface area contributed by atoms with Crippen LogP contribution in [0.25, 0.3) is 0 Å². The minimum Gasteiger partial charge on any atom is -0.461 e. The van der Waals surface area contributed by atoms with Crippen molar-refractivity contribution < 1.29 is 28.4 Å². The molecule has 0 radical (unpaired) electrons. The van der Waals surface area contributed by atoms with Gasteiger partial charge in [0.1, 0.15) is 6.61 Å². The Labute approximate surface area is 196 Å². The standard InChI is InChI=1S/C23H36N2O7Si/c1-8-13-31-22(27)18(15-30-5)14-19(16-32-33(6,7)23(2,3)4)24-21(26)17-9-11-20(12-10-17)25(28)29/h8-12,18-19H,1,13-16H2,2-7H3,(H,24,26)/t18-,19+/m1/s1. The molecular weight excluding hydrogens is 444 g/mol. The molecule has 10 heteroatoms. The van der Waals surface area contributed by atoms with Crippen LogP contribution in [0.2, 0.25) is 18.1 Å². The van der Waals surface area contributed by atoms with E-state index in [0.717, 1.165) is 0 Å². The molecule has 2 atom stereocenters. The Hall–Kier alpha value is -2.56. The summed E-state index contributed by atoms with van der Waals surface area (Å²) < 4.78 is 16.7. The van der Waals surface area contributed by atoms with E-state index in [2.05, 4.69) is 45.8 Å². The van der Waals surface area contributed by atoms with E-state index in [1.165, 1.54) is 37.5 Å². The summed E-state index contributed by atoms with van der Waals surface area (Å²) in [6.07, 6.45) is 1.73. The van der Waals surface area contributed by atoms with E-state index in [1.807, 2.05) is 0 Å². The number of rotatable bonds is 13. The van der Waals surface area contributed by atoms with Gasteiger partial charge in [0.25, 0.3) is 11.6 Å². The normalized spacial score (nSPS) is 13.6. The maximum absolute atomic E-state index is 12.9. The van der Waals surface area contributed by atoms with Crippen LogP contribution < -0.4 is 5.32 Å². The number of benzene rings is 1. The largest absolute Gasteiger partial charge is 0.461 e. The molecule has 0 saturated heterocycles. The number of nitro benzene ring substituents is 1. The number of non-ortho nitro benzene ring substituents is 1. The molecule has 1 N–H and O–H groups in total. The molecule has 0 fully saturated rings. The van der Waals surface area contributed by atoms with Crippen LogP contribution in [0.15, 0.2) is 36.9 Å². The molecule has 1 aromatic rings. The van der Waals surface area contributed by atoms with Gasteiger partial charge in [-0.1, -0.05) is 33.4 Å². The Morgan fingerprint density at radius 2 is 1.82 bits per heavy atom. The average molecular weight is 481 g/mol. The van der Waals surface area contributed by atoms with Gasteiger partial charge in [-0.05, 0) is 36.7 Å². The Bertz CT molecular complexity index is 819. The van der Waals surface area contributed by atoms with Crippen molar-refractivity contribution in [3.8, 4) is 0 Å². The first-order valence-corrected chi connectivity index (χ1v) is 13.7. The van der Waals surface area contributed by atoms with E-state index in [1.54, 1.807) is 0 Å². The Morgan fingerprint density at radius 1 is 1.21 bits per heavy atom. The molecule has 0 bridgehead atoms. The van der Waals surface area contributed by atoms with Gasteiger partial charge in [0.15, 0.2) is 8.32 Å². The second kappa shape index (κ2) is 12.6. The molecule has 33 heavy (non-hydrogen) atoms. The van der Waals surface area contributed by atoms with Gasteiger partial charge in [-0.3, -0.25) is 19.7 Å². The Morgan fingerprint density at radius 3 is 2.30 bits per heavy atom. The number of nitrogens with zero attached hydrogens (tertiary/aromatic N) is 1. The summed E-state index contributed by atoms with van der Waals surface area (Å²) in [5, 5.41) is 13.8. The number of nitro groups is 1. The molecule has 0 aromatic heterocycles. The van der Waals surface area contributed by atoms with Crippen molar-refractivity contribution in [3.05, 3.63) is 52.6 Å². The van der Waals surface area contributed by atoms with E-state index >= 15 is 0 Å². The highest BCUT2D eigenvalue weighted by Gasteiger charge is 2.38. The number of ether oxygens (including phenoxy) is 2. The van der Waals surface area contributed by atoms with Gasteiger partial charge >= 0.3 is 5.97 Å². The third kappa shape index (κ3) is 9.07. The van der Waals surface area contributed by atoms with Crippen LogP contribution in [0.1, 0.15) is 37.6 Å². The molecule has 0 aliphatic rings. The number of hydrogen-bond donors (Lipinski definition) is 1. The lowest BCUT2D eigenvalue weighted by molar-refractivity contribution is -0.384. The van der Waals surface area contributed by atoms with E-state index in [-0.39, 0.29) is 42.5 Å². The van der Waals surface area contributed by atoms with E-state index in [9.17, 15) is 19.7 Å². The third-order valence-corrected chi connectivity index (χ3v) is 10.2. The second-order valence-corrected chi connectivity index (χ2v) is 14.2. The highest BCUT2D eigenvalue weighted by Crippen LogP contribution is 2.36. The van der Waals surface area contributed by atoms with Crippen molar-refractivity contribution in [2.75, 3.05) is 26.9 Å². The van der Waals surface area contributed by atoms with Gasteiger partial charge in [0.05, 0.1) is 30.1 Å². The summed E-state index contributed by atoms with van der Waals surface area (Å²) in [5.74, 6) is -1.47. The molecular formula is C23H36N2O7Si. The van der Waals surface area contributed by atoms with Crippen LogP contribution >= 0.6 is 0 Å². The summed E-state index contributed by atoms with van der Waals surface area (Å²) >= 11 is 0. The van der Waals surface area contributed by atoms with Gasteiger partial charge in [-0.25, -0.2) is 0 Å². The highest BCUT2D eigenvalue weighted by atomic mass is 28.4. The molecule has 0 heterocycles. The van der Waals surface area contributed by atoms with Crippen LogP contribution in [0.5, 0.6) is 0 Å². The van der Waals surface area contributed by atoms with Crippen molar-refractivity contribution in [2.24, 2.45) is 5.92 Å². The summed E-state index contributed by atoms with van der Waals surface area (Å²) in [5.41, 5.74) is 0.171. The lowest BCUT2D eigenvalue weighted by atomic mass is 10.0. The zero-order valence-electron chi connectivity index (χ0n) is 20.4. The summed E-state index contributed by atoms with van der Waals surface area (Å²) in [6, 6.07) is 4.83. The molecule has 0 spiro atoms. The quantitative estimate of drug-likeness (QED) is 0.148. The topological polar surface area (TPSA) is 117 Å². The monoisotopic (exact) mass is 480 g/mol. The molecule has 1 rings (SSSR count). The maximum atomic E-state index is 12.9. The first kappa shape index (κ1) is 28.5. The van der Waals surface area contributed by atoms with Crippen molar-refractivity contribution in [1.82, 2.24) is 5.32 Å².